The van der Waals surface area contributed by atoms with Gasteiger partial charge in [-0.05, 0) is 27.2 Å². The first kappa shape index (κ1) is 16.2. The van der Waals surface area contributed by atoms with Crippen LogP contribution >= 0.6 is 0 Å². The first-order chi connectivity index (χ1) is 8.84. The molecule has 0 aromatic carbocycles. The molecule has 2 atom stereocenters. The van der Waals surface area contributed by atoms with Crippen LogP contribution in [0.2, 0.25) is 0 Å². The lowest BCUT2D eigenvalue weighted by atomic mass is 10.1. The number of alkyl carbamates (subject to hydrolysis) is 1. The summed E-state index contributed by atoms with van der Waals surface area (Å²) >= 11 is 0. The lowest BCUT2D eigenvalue weighted by Gasteiger charge is -2.36. The SMILES string of the molecule is COCCNC(=O)OCC1CC(O)CN1C(C)(C)C. The largest absolute Gasteiger partial charge is 0.448 e. The van der Waals surface area contributed by atoms with Gasteiger partial charge in [0.25, 0.3) is 0 Å². The van der Waals surface area contributed by atoms with Gasteiger partial charge >= 0.3 is 6.09 Å². The van der Waals surface area contributed by atoms with Crippen LogP contribution in [0.5, 0.6) is 0 Å². The van der Waals surface area contributed by atoms with Crippen LogP contribution in [0.3, 0.4) is 0 Å². The van der Waals surface area contributed by atoms with Crippen molar-refractivity contribution in [2.24, 2.45) is 0 Å². The van der Waals surface area contributed by atoms with Crippen molar-refractivity contribution in [2.45, 2.75) is 44.9 Å². The highest BCUT2D eigenvalue weighted by atomic mass is 16.5. The number of nitrogens with one attached hydrogen (secondary N) is 1. The number of nitrogens with zero attached hydrogens (tertiary/aromatic N) is 1. The molecule has 0 bridgehead atoms. The van der Waals surface area contributed by atoms with Crippen molar-refractivity contribution >= 4 is 6.09 Å². The van der Waals surface area contributed by atoms with E-state index in [2.05, 4.69) is 31.0 Å². The highest BCUT2D eigenvalue weighted by Gasteiger charge is 2.37. The second-order valence-corrected chi connectivity index (χ2v) is 5.88. The third-order valence-corrected chi connectivity index (χ3v) is 3.24. The molecule has 6 nitrogen and oxygen atoms in total. The molecule has 1 rings (SSSR count). The average Bonchev–Trinajstić information content (AvgIpc) is 2.68. The summed E-state index contributed by atoms with van der Waals surface area (Å²) in [6.07, 6.45) is -0.139. The van der Waals surface area contributed by atoms with Gasteiger partial charge < -0.3 is 19.9 Å². The molecule has 0 spiro atoms. The number of ether oxygens (including phenoxy) is 2. The molecule has 1 heterocycles. The molecule has 2 N–H and O–H groups in total. The third kappa shape index (κ3) is 5.34. The highest BCUT2D eigenvalue weighted by Crippen LogP contribution is 2.26. The minimum atomic E-state index is -0.438. The van der Waals surface area contributed by atoms with Crippen LogP contribution < -0.4 is 5.32 Å². The van der Waals surface area contributed by atoms with Gasteiger partial charge in [-0.25, -0.2) is 4.79 Å². The Morgan fingerprint density at radius 1 is 1.47 bits per heavy atom. The molecule has 1 aliphatic rings. The smallest absolute Gasteiger partial charge is 0.407 e. The van der Waals surface area contributed by atoms with E-state index in [1.54, 1.807) is 7.11 Å². The van der Waals surface area contributed by atoms with E-state index in [-0.39, 0.29) is 17.7 Å². The first-order valence-corrected chi connectivity index (χ1v) is 6.69. The van der Waals surface area contributed by atoms with E-state index < -0.39 is 6.09 Å². The molecule has 0 radical (unpaired) electrons. The van der Waals surface area contributed by atoms with E-state index in [9.17, 15) is 9.90 Å². The Morgan fingerprint density at radius 3 is 2.74 bits per heavy atom. The minimum Gasteiger partial charge on any atom is -0.448 e. The van der Waals surface area contributed by atoms with Crippen molar-refractivity contribution in [1.82, 2.24) is 10.2 Å². The summed E-state index contributed by atoms with van der Waals surface area (Å²) in [5.74, 6) is 0. The predicted octanol–water partition coefficient (Wildman–Crippen LogP) is 0.593. The van der Waals surface area contributed by atoms with Crippen molar-refractivity contribution in [3.8, 4) is 0 Å². The topological polar surface area (TPSA) is 71.0 Å². The summed E-state index contributed by atoms with van der Waals surface area (Å²) < 4.78 is 10.0. The maximum Gasteiger partial charge on any atom is 0.407 e. The first-order valence-electron chi connectivity index (χ1n) is 6.69. The number of carbonyl (C=O) groups is 1. The zero-order chi connectivity index (χ0) is 14.5. The number of likely N-dealkylation sites (tertiary alicyclic amines) is 1. The number of aliphatic hydroxyl groups excluding tert-OH is 1. The van der Waals surface area contributed by atoms with E-state index in [0.29, 0.717) is 32.7 Å². The molecular weight excluding hydrogens is 248 g/mol. The number of hydrogen-bond donors (Lipinski definition) is 2. The zero-order valence-corrected chi connectivity index (χ0v) is 12.3. The normalized spacial score (nSPS) is 24.5. The molecule has 0 saturated carbocycles. The van der Waals surface area contributed by atoms with Crippen LogP contribution in [0.4, 0.5) is 4.79 Å². The molecule has 1 saturated heterocycles. The number of aliphatic hydroxyl groups is 1. The molecule has 19 heavy (non-hydrogen) atoms. The molecule has 0 aromatic heterocycles. The second-order valence-electron chi connectivity index (χ2n) is 5.88. The monoisotopic (exact) mass is 274 g/mol. The Balaban J connectivity index is 2.36. The maximum absolute atomic E-state index is 11.4. The number of β-amino-alcohol motifs (C(OH)–C–C–N with tert-alkyl or cyclic N) is 1. The van der Waals surface area contributed by atoms with E-state index >= 15 is 0 Å². The van der Waals surface area contributed by atoms with Gasteiger partial charge in [0.05, 0.1) is 12.7 Å². The Bertz CT molecular complexity index is 291. The van der Waals surface area contributed by atoms with Gasteiger partial charge in [-0.3, -0.25) is 4.90 Å². The van der Waals surface area contributed by atoms with Crippen LogP contribution in [0.1, 0.15) is 27.2 Å². The molecule has 1 aliphatic heterocycles. The summed E-state index contributed by atoms with van der Waals surface area (Å²) in [6, 6.07) is 0.0724. The quantitative estimate of drug-likeness (QED) is 0.718. The van der Waals surface area contributed by atoms with Gasteiger partial charge in [0.15, 0.2) is 0 Å². The Kier molecular flexibility index (Phi) is 6.03. The molecule has 112 valence electrons. The summed E-state index contributed by atoms with van der Waals surface area (Å²) in [4.78, 5) is 13.6. The van der Waals surface area contributed by atoms with E-state index in [1.165, 1.54) is 0 Å². The Labute approximate surface area is 115 Å². The van der Waals surface area contributed by atoms with Gasteiger partial charge in [0.2, 0.25) is 0 Å². The molecule has 6 heteroatoms. The highest BCUT2D eigenvalue weighted by molar-refractivity contribution is 5.67. The van der Waals surface area contributed by atoms with E-state index in [0.717, 1.165) is 0 Å². The lowest BCUT2D eigenvalue weighted by Crippen LogP contribution is -2.47. The fourth-order valence-corrected chi connectivity index (χ4v) is 2.35. The van der Waals surface area contributed by atoms with Gasteiger partial charge in [-0.15, -0.1) is 0 Å². The fraction of sp³-hybridized carbons (Fsp3) is 0.923. The van der Waals surface area contributed by atoms with Gasteiger partial charge in [-0.2, -0.15) is 0 Å². The molecular formula is C13H26N2O4. The zero-order valence-electron chi connectivity index (χ0n) is 12.3. The van der Waals surface area contributed by atoms with Crippen LogP contribution in [-0.4, -0.2) is 67.2 Å². The number of rotatable bonds is 5. The van der Waals surface area contributed by atoms with Crippen molar-refractivity contribution in [3.05, 3.63) is 0 Å². The summed E-state index contributed by atoms with van der Waals surface area (Å²) in [6.45, 7) is 8.11. The molecule has 1 fully saturated rings. The molecule has 1 amide bonds. The van der Waals surface area contributed by atoms with Crippen molar-refractivity contribution in [3.63, 3.8) is 0 Å². The number of methoxy groups -OCH3 is 1. The van der Waals surface area contributed by atoms with Gasteiger partial charge in [0.1, 0.15) is 6.61 Å². The van der Waals surface area contributed by atoms with Crippen molar-refractivity contribution in [1.29, 1.82) is 0 Å². The van der Waals surface area contributed by atoms with E-state index in [1.807, 2.05) is 0 Å². The maximum atomic E-state index is 11.4. The molecule has 0 aliphatic carbocycles. The number of hydrogen-bond acceptors (Lipinski definition) is 5. The summed E-state index contributed by atoms with van der Waals surface area (Å²) in [5.41, 5.74) is -0.0436. The molecule has 0 aromatic rings. The summed E-state index contributed by atoms with van der Waals surface area (Å²) in [5, 5.41) is 12.4. The van der Waals surface area contributed by atoms with Gasteiger partial charge in [-0.1, -0.05) is 0 Å². The third-order valence-electron chi connectivity index (χ3n) is 3.24. The Morgan fingerprint density at radius 2 is 2.16 bits per heavy atom. The number of carbonyl (C=O) groups excluding carboxylic acids is 1. The van der Waals surface area contributed by atoms with Crippen LogP contribution in [0.25, 0.3) is 0 Å². The number of amides is 1. The second kappa shape index (κ2) is 7.07. The van der Waals surface area contributed by atoms with Gasteiger partial charge in [0, 0.05) is 31.8 Å². The van der Waals surface area contributed by atoms with Crippen molar-refractivity contribution in [2.75, 3.05) is 33.4 Å². The molecule has 2 unspecified atom stereocenters. The average molecular weight is 274 g/mol. The van der Waals surface area contributed by atoms with Crippen molar-refractivity contribution < 1.29 is 19.4 Å². The summed E-state index contributed by atoms with van der Waals surface area (Å²) in [7, 11) is 1.58. The van der Waals surface area contributed by atoms with E-state index in [4.69, 9.17) is 9.47 Å². The van der Waals surface area contributed by atoms with Crippen LogP contribution in [-0.2, 0) is 9.47 Å². The lowest BCUT2D eigenvalue weighted by molar-refractivity contribution is 0.0602. The minimum absolute atomic E-state index is 0.0436. The fourth-order valence-electron chi connectivity index (χ4n) is 2.35. The predicted molar refractivity (Wildman–Crippen MR) is 72.1 cm³/mol. The Hall–Kier alpha value is -0.850. The standard InChI is InChI=1S/C13H26N2O4/c1-13(2,3)15-8-11(16)7-10(15)9-19-12(17)14-5-6-18-4/h10-11,16H,5-9H2,1-4H3,(H,14,17). The van der Waals surface area contributed by atoms with Crippen LogP contribution in [0.15, 0.2) is 0 Å². The van der Waals surface area contributed by atoms with Crippen LogP contribution in [0, 0.1) is 0 Å².